The van der Waals surface area contributed by atoms with Gasteiger partial charge in [-0.1, -0.05) is 58.0 Å². The molecule has 20 heavy (non-hydrogen) atoms. The van der Waals surface area contributed by atoms with Gasteiger partial charge in [-0.2, -0.15) is 0 Å². The van der Waals surface area contributed by atoms with E-state index in [1.54, 1.807) is 0 Å². The van der Waals surface area contributed by atoms with Gasteiger partial charge < -0.3 is 4.90 Å². The summed E-state index contributed by atoms with van der Waals surface area (Å²) < 4.78 is 0. The zero-order valence-corrected chi connectivity index (χ0v) is 13.0. The second-order valence-corrected chi connectivity index (χ2v) is 6.42. The number of hydrogen-bond donors (Lipinski definition) is 1. The summed E-state index contributed by atoms with van der Waals surface area (Å²) in [6.45, 7) is 9.43. The lowest BCUT2D eigenvalue weighted by atomic mass is 10.0. The molecule has 0 aromatic heterocycles. The van der Waals surface area contributed by atoms with E-state index in [0.717, 1.165) is 13.0 Å². The highest BCUT2D eigenvalue weighted by Crippen LogP contribution is 2.28. The van der Waals surface area contributed by atoms with Crippen molar-refractivity contribution in [1.29, 1.82) is 0 Å². The summed E-state index contributed by atoms with van der Waals surface area (Å²) in [7, 11) is 0. The van der Waals surface area contributed by atoms with Crippen LogP contribution in [0.2, 0.25) is 0 Å². The number of nitrogens with one attached hydrogen (secondary N) is 1. The first-order valence-electron chi connectivity index (χ1n) is 7.62. The molecule has 0 spiro atoms. The Hall–Kier alpha value is -1.35. The van der Waals surface area contributed by atoms with Gasteiger partial charge >= 0.3 is 0 Å². The minimum absolute atomic E-state index is 0.0230. The highest BCUT2D eigenvalue weighted by Gasteiger charge is 2.40. The van der Waals surface area contributed by atoms with Crippen molar-refractivity contribution < 1.29 is 4.79 Å². The fourth-order valence-corrected chi connectivity index (χ4v) is 2.66. The summed E-state index contributed by atoms with van der Waals surface area (Å²) in [6.07, 6.45) is 1.07. The lowest BCUT2D eigenvalue weighted by Gasteiger charge is -2.25. The van der Waals surface area contributed by atoms with Crippen LogP contribution in [0, 0.1) is 11.8 Å². The second kappa shape index (κ2) is 6.40. The molecule has 2 atom stereocenters. The molecule has 1 amide bonds. The summed E-state index contributed by atoms with van der Waals surface area (Å²) in [5.74, 6) is 1.17. The van der Waals surface area contributed by atoms with E-state index < -0.39 is 0 Å². The molecule has 2 rings (SSSR count). The van der Waals surface area contributed by atoms with Gasteiger partial charge in [0.25, 0.3) is 0 Å². The van der Waals surface area contributed by atoms with Crippen LogP contribution in [-0.2, 0) is 4.79 Å². The van der Waals surface area contributed by atoms with E-state index in [4.69, 9.17) is 0 Å². The Morgan fingerprint density at radius 2 is 1.80 bits per heavy atom. The van der Waals surface area contributed by atoms with E-state index in [-0.39, 0.29) is 18.1 Å². The maximum absolute atomic E-state index is 12.6. The highest BCUT2D eigenvalue weighted by atomic mass is 16.2. The van der Waals surface area contributed by atoms with E-state index in [0.29, 0.717) is 11.8 Å². The molecule has 1 aromatic rings. The van der Waals surface area contributed by atoms with Crippen molar-refractivity contribution in [2.45, 2.75) is 46.3 Å². The maximum atomic E-state index is 12.6. The zero-order chi connectivity index (χ0) is 14.7. The number of carbonyl (C=O) groups excluding carboxylic acids is 1. The third-order valence-corrected chi connectivity index (χ3v) is 3.93. The van der Waals surface area contributed by atoms with Crippen molar-refractivity contribution in [3.63, 3.8) is 0 Å². The Labute approximate surface area is 122 Å². The summed E-state index contributed by atoms with van der Waals surface area (Å²) >= 11 is 0. The number of hydrogen-bond acceptors (Lipinski definition) is 2. The topological polar surface area (TPSA) is 32.3 Å². The summed E-state index contributed by atoms with van der Waals surface area (Å²) in [4.78, 5) is 14.6. The molecule has 0 bridgehead atoms. The number of amides is 1. The molecule has 1 N–H and O–H groups in total. The van der Waals surface area contributed by atoms with E-state index in [1.165, 1.54) is 5.56 Å². The predicted molar refractivity (Wildman–Crippen MR) is 82.1 cm³/mol. The van der Waals surface area contributed by atoms with E-state index in [2.05, 4.69) is 45.1 Å². The van der Waals surface area contributed by atoms with Crippen molar-refractivity contribution in [2.24, 2.45) is 11.8 Å². The third kappa shape index (κ3) is 3.21. The highest BCUT2D eigenvalue weighted by molar-refractivity contribution is 5.84. The van der Waals surface area contributed by atoms with Gasteiger partial charge in [-0.3, -0.25) is 10.1 Å². The molecule has 1 heterocycles. The van der Waals surface area contributed by atoms with Gasteiger partial charge in [-0.05, 0) is 23.8 Å². The molecule has 3 heteroatoms. The van der Waals surface area contributed by atoms with Crippen LogP contribution in [0.4, 0.5) is 0 Å². The molecule has 0 radical (unpaired) electrons. The Morgan fingerprint density at radius 1 is 1.15 bits per heavy atom. The quantitative estimate of drug-likeness (QED) is 0.894. The predicted octanol–water partition coefficient (Wildman–Crippen LogP) is 3.19. The van der Waals surface area contributed by atoms with Crippen LogP contribution in [0.25, 0.3) is 0 Å². The first kappa shape index (κ1) is 15.0. The fraction of sp³-hybridized carbons (Fsp3) is 0.588. The van der Waals surface area contributed by atoms with Gasteiger partial charge in [0.2, 0.25) is 5.91 Å². The molecule has 1 saturated heterocycles. The monoisotopic (exact) mass is 274 g/mol. The molecule has 3 nitrogen and oxygen atoms in total. The molecule has 1 aliphatic rings. The zero-order valence-electron chi connectivity index (χ0n) is 13.0. The normalized spacial score (nSPS) is 23.1. The molecule has 0 saturated carbocycles. The lowest BCUT2D eigenvalue weighted by Crippen LogP contribution is -2.35. The maximum Gasteiger partial charge on any atom is 0.241 e. The van der Waals surface area contributed by atoms with Crippen LogP contribution < -0.4 is 5.32 Å². The van der Waals surface area contributed by atoms with Gasteiger partial charge in [-0.15, -0.1) is 0 Å². The molecule has 1 fully saturated rings. The number of nitrogens with zero attached hydrogens (tertiary/aromatic N) is 1. The Kier molecular flexibility index (Phi) is 4.81. The third-order valence-electron chi connectivity index (χ3n) is 3.93. The van der Waals surface area contributed by atoms with Crippen LogP contribution in [0.5, 0.6) is 0 Å². The Morgan fingerprint density at radius 3 is 2.35 bits per heavy atom. The average Bonchev–Trinajstić information content (AvgIpc) is 2.74. The van der Waals surface area contributed by atoms with Crippen LogP contribution in [-0.4, -0.2) is 23.4 Å². The fourth-order valence-electron chi connectivity index (χ4n) is 2.66. The van der Waals surface area contributed by atoms with Crippen LogP contribution in [0.15, 0.2) is 30.3 Å². The summed E-state index contributed by atoms with van der Waals surface area (Å²) in [5.41, 5.74) is 1.17. The number of benzene rings is 1. The largest absolute Gasteiger partial charge is 0.322 e. The minimum Gasteiger partial charge on any atom is -0.322 e. The average molecular weight is 274 g/mol. The van der Waals surface area contributed by atoms with E-state index in [1.807, 2.05) is 23.1 Å². The Balaban J connectivity index is 2.20. The minimum atomic E-state index is -0.0626. The smallest absolute Gasteiger partial charge is 0.241 e. The van der Waals surface area contributed by atoms with Crippen molar-refractivity contribution in [3.8, 4) is 0 Å². The summed E-state index contributed by atoms with van der Waals surface area (Å²) in [6, 6.07) is 10.2. The standard InChI is InChI=1S/C17H26N2O/c1-12(2)10-11-19-16(14-8-6-5-7-9-14)18-15(13(3)4)17(19)20/h5-9,12-13,15-16,18H,10-11H2,1-4H3. The van der Waals surface area contributed by atoms with Crippen molar-refractivity contribution >= 4 is 5.91 Å². The number of rotatable bonds is 5. The molecular formula is C17H26N2O. The van der Waals surface area contributed by atoms with Gasteiger partial charge in [0, 0.05) is 6.54 Å². The van der Waals surface area contributed by atoms with Gasteiger partial charge in [-0.25, -0.2) is 0 Å². The first-order chi connectivity index (χ1) is 9.50. The lowest BCUT2D eigenvalue weighted by molar-refractivity contribution is -0.131. The second-order valence-electron chi connectivity index (χ2n) is 6.42. The van der Waals surface area contributed by atoms with E-state index >= 15 is 0 Å². The van der Waals surface area contributed by atoms with E-state index in [9.17, 15) is 4.79 Å². The Bertz CT molecular complexity index is 442. The molecule has 0 aliphatic carbocycles. The molecule has 1 aromatic carbocycles. The molecule has 1 aliphatic heterocycles. The van der Waals surface area contributed by atoms with Crippen LogP contribution in [0.1, 0.15) is 45.8 Å². The first-order valence-corrected chi connectivity index (χ1v) is 7.62. The van der Waals surface area contributed by atoms with Crippen LogP contribution in [0.3, 0.4) is 0 Å². The molecule has 110 valence electrons. The van der Waals surface area contributed by atoms with Crippen molar-refractivity contribution in [3.05, 3.63) is 35.9 Å². The molecular weight excluding hydrogens is 248 g/mol. The van der Waals surface area contributed by atoms with Gasteiger partial charge in [0.1, 0.15) is 6.17 Å². The number of carbonyl (C=O) groups is 1. The summed E-state index contributed by atoms with van der Waals surface area (Å²) in [5, 5.41) is 3.51. The molecule has 2 unspecified atom stereocenters. The van der Waals surface area contributed by atoms with Crippen molar-refractivity contribution in [2.75, 3.05) is 6.54 Å². The SMILES string of the molecule is CC(C)CCN1C(=O)C(C(C)C)NC1c1ccccc1. The van der Waals surface area contributed by atoms with Gasteiger partial charge in [0.15, 0.2) is 0 Å². The van der Waals surface area contributed by atoms with Crippen molar-refractivity contribution in [1.82, 2.24) is 10.2 Å². The van der Waals surface area contributed by atoms with Crippen LogP contribution >= 0.6 is 0 Å². The van der Waals surface area contributed by atoms with Gasteiger partial charge in [0.05, 0.1) is 6.04 Å².